The van der Waals surface area contributed by atoms with Crippen LogP contribution in [-0.4, -0.2) is 31.0 Å². The van der Waals surface area contributed by atoms with Crippen LogP contribution in [0.1, 0.15) is 10.4 Å². The van der Waals surface area contributed by atoms with Gasteiger partial charge >= 0.3 is 6.36 Å². The number of carbonyl (C=O) groups is 1. The minimum Gasteiger partial charge on any atom is -0.406 e. The fourth-order valence-corrected chi connectivity index (χ4v) is 2.61. The van der Waals surface area contributed by atoms with Gasteiger partial charge < -0.3 is 9.47 Å². The maximum Gasteiger partial charge on any atom is 0.573 e. The molecule has 9 heteroatoms. The van der Waals surface area contributed by atoms with E-state index < -0.39 is 6.36 Å². The molecule has 23 heavy (non-hydrogen) atoms. The number of carbonyl (C=O) groups excluding carboxylic acids is 1. The Balaban J connectivity index is 1.94. The summed E-state index contributed by atoms with van der Waals surface area (Å²) in [6.07, 6.45) is -2.61. The molecular weight excluding hydrogens is 333 g/mol. The lowest BCUT2D eigenvalue weighted by atomic mass is 10.1. The van der Waals surface area contributed by atoms with Crippen LogP contribution in [0.3, 0.4) is 0 Å². The Hall–Kier alpha value is -2.13. The van der Waals surface area contributed by atoms with E-state index in [1.54, 1.807) is 18.3 Å². The molecule has 0 unspecified atom stereocenters. The molecule has 0 radical (unpaired) electrons. The summed E-state index contributed by atoms with van der Waals surface area (Å²) in [6, 6.07) is 5.60. The van der Waals surface area contributed by atoms with Gasteiger partial charge in [-0.1, -0.05) is 12.1 Å². The lowest BCUT2D eigenvalue weighted by molar-refractivity contribution is -0.274. The van der Waals surface area contributed by atoms with Crippen molar-refractivity contribution in [1.82, 2.24) is 4.98 Å². The topological polar surface area (TPSA) is 60.5 Å². The van der Waals surface area contributed by atoms with Gasteiger partial charge in [0, 0.05) is 24.6 Å². The van der Waals surface area contributed by atoms with Crippen LogP contribution < -0.4 is 10.1 Å². The van der Waals surface area contributed by atoms with Gasteiger partial charge in [0.05, 0.1) is 0 Å². The summed E-state index contributed by atoms with van der Waals surface area (Å²) in [6.45, 7) is -0.0599. The first kappa shape index (κ1) is 17.2. The van der Waals surface area contributed by atoms with Crippen molar-refractivity contribution in [2.75, 3.05) is 19.0 Å². The molecule has 0 aliphatic carbocycles. The van der Waals surface area contributed by atoms with E-state index in [4.69, 9.17) is 4.74 Å². The SMILES string of the molecule is COCC(=O)Nc1ncc(Cc2ccc(OC(F)(F)F)cc2)s1. The Labute approximate surface area is 134 Å². The Kier molecular flexibility index (Phi) is 5.56. The molecule has 1 aromatic carbocycles. The zero-order chi connectivity index (χ0) is 16.9. The van der Waals surface area contributed by atoms with Gasteiger partial charge in [0.2, 0.25) is 0 Å². The first-order valence-corrected chi connectivity index (χ1v) is 7.25. The van der Waals surface area contributed by atoms with Gasteiger partial charge in [-0.2, -0.15) is 0 Å². The van der Waals surface area contributed by atoms with Crippen LogP contribution >= 0.6 is 11.3 Å². The molecule has 2 rings (SSSR count). The number of nitrogens with zero attached hydrogens (tertiary/aromatic N) is 1. The highest BCUT2D eigenvalue weighted by atomic mass is 32.1. The van der Waals surface area contributed by atoms with E-state index in [1.807, 2.05) is 0 Å². The lowest BCUT2D eigenvalue weighted by Gasteiger charge is -2.08. The van der Waals surface area contributed by atoms with Crippen molar-refractivity contribution in [2.45, 2.75) is 12.8 Å². The molecule has 1 N–H and O–H groups in total. The van der Waals surface area contributed by atoms with E-state index in [0.29, 0.717) is 11.6 Å². The fraction of sp³-hybridized carbons (Fsp3) is 0.286. The third-order valence-corrected chi connectivity index (χ3v) is 3.52. The average Bonchev–Trinajstić information content (AvgIpc) is 2.87. The number of methoxy groups -OCH3 is 1. The molecule has 0 saturated carbocycles. The van der Waals surface area contributed by atoms with Crippen molar-refractivity contribution in [3.05, 3.63) is 40.9 Å². The zero-order valence-electron chi connectivity index (χ0n) is 12.0. The summed E-state index contributed by atoms with van der Waals surface area (Å²) in [5, 5.41) is 3.03. The Morgan fingerprint density at radius 1 is 1.30 bits per heavy atom. The quantitative estimate of drug-likeness (QED) is 0.872. The Morgan fingerprint density at radius 3 is 2.61 bits per heavy atom. The molecule has 0 aliphatic heterocycles. The summed E-state index contributed by atoms with van der Waals surface area (Å²) < 4.78 is 44.7. The van der Waals surface area contributed by atoms with Crippen molar-refractivity contribution in [3.63, 3.8) is 0 Å². The molecule has 0 saturated heterocycles. The number of hydrogen-bond donors (Lipinski definition) is 1. The van der Waals surface area contributed by atoms with Crippen molar-refractivity contribution in [1.29, 1.82) is 0 Å². The number of alkyl halides is 3. The predicted molar refractivity (Wildman–Crippen MR) is 78.6 cm³/mol. The van der Waals surface area contributed by atoms with Crippen molar-refractivity contribution in [2.24, 2.45) is 0 Å². The van der Waals surface area contributed by atoms with E-state index in [-0.39, 0.29) is 18.3 Å². The average molecular weight is 346 g/mol. The Bertz CT molecular complexity index is 656. The number of amides is 1. The molecule has 0 aliphatic rings. The Morgan fingerprint density at radius 2 is 2.00 bits per heavy atom. The summed E-state index contributed by atoms with van der Waals surface area (Å²) >= 11 is 1.29. The molecule has 1 heterocycles. The smallest absolute Gasteiger partial charge is 0.406 e. The number of nitrogens with one attached hydrogen (secondary N) is 1. The van der Waals surface area contributed by atoms with Gasteiger partial charge in [-0.15, -0.1) is 24.5 Å². The second-order valence-electron chi connectivity index (χ2n) is 4.48. The number of aromatic nitrogens is 1. The van der Waals surface area contributed by atoms with Gasteiger partial charge in [0.15, 0.2) is 5.13 Å². The van der Waals surface area contributed by atoms with E-state index >= 15 is 0 Å². The standard InChI is InChI=1S/C14H13F3N2O3S/c1-21-8-12(20)19-13-18-7-11(23-13)6-9-2-4-10(5-3-9)22-14(15,16)17/h2-5,7H,6,8H2,1H3,(H,18,19,20). The number of halogens is 3. The maximum atomic E-state index is 12.1. The highest BCUT2D eigenvalue weighted by molar-refractivity contribution is 7.15. The van der Waals surface area contributed by atoms with Gasteiger partial charge in [0.25, 0.3) is 5.91 Å². The highest BCUT2D eigenvalue weighted by Gasteiger charge is 2.30. The number of thiazole rings is 1. The summed E-state index contributed by atoms with van der Waals surface area (Å²) in [5.74, 6) is -0.569. The molecule has 0 atom stereocenters. The minimum absolute atomic E-state index is 0.0599. The first-order valence-electron chi connectivity index (χ1n) is 6.44. The van der Waals surface area contributed by atoms with E-state index in [0.717, 1.165) is 10.4 Å². The fourth-order valence-electron chi connectivity index (χ4n) is 1.74. The predicted octanol–water partition coefficient (Wildman–Crippen LogP) is 3.22. The van der Waals surface area contributed by atoms with Gasteiger partial charge in [0.1, 0.15) is 12.4 Å². The van der Waals surface area contributed by atoms with Crippen molar-refractivity contribution < 1.29 is 27.4 Å². The number of benzene rings is 1. The number of ether oxygens (including phenoxy) is 2. The van der Waals surface area contributed by atoms with Gasteiger partial charge in [-0.05, 0) is 17.7 Å². The molecule has 0 spiro atoms. The van der Waals surface area contributed by atoms with Crippen LogP contribution in [0.15, 0.2) is 30.5 Å². The van der Waals surface area contributed by atoms with Crippen molar-refractivity contribution in [3.8, 4) is 5.75 Å². The summed E-state index contributed by atoms with van der Waals surface area (Å²) in [7, 11) is 1.42. The van der Waals surface area contributed by atoms with E-state index in [9.17, 15) is 18.0 Å². The first-order chi connectivity index (χ1) is 10.9. The largest absolute Gasteiger partial charge is 0.573 e. The molecule has 2 aromatic rings. The third kappa shape index (κ3) is 5.87. The van der Waals surface area contributed by atoms with Crippen LogP contribution in [0.2, 0.25) is 0 Å². The van der Waals surface area contributed by atoms with Crippen LogP contribution in [0, 0.1) is 0 Å². The number of rotatable bonds is 6. The van der Waals surface area contributed by atoms with Gasteiger partial charge in [-0.3, -0.25) is 10.1 Å². The molecular formula is C14H13F3N2O3S. The molecule has 1 aromatic heterocycles. The number of anilines is 1. The summed E-state index contributed by atoms with van der Waals surface area (Å²) in [4.78, 5) is 16.3. The van der Waals surface area contributed by atoms with Crippen LogP contribution in [0.25, 0.3) is 0 Å². The number of hydrogen-bond acceptors (Lipinski definition) is 5. The van der Waals surface area contributed by atoms with Gasteiger partial charge in [-0.25, -0.2) is 4.98 Å². The maximum absolute atomic E-state index is 12.1. The molecule has 0 fully saturated rings. The molecule has 1 amide bonds. The molecule has 5 nitrogen and oxygen atoms in total. The normalized spacial score (nSPS) is 11.3. The van der Waals surface area contributed by atoms with Crippen LogP contribution in [0.5, 0.6) is 5.75 Å². The zero-order valence-corrected chi connectivity index (χ0v) is 12.8. The third-order valence-electron chi connectivity index (χ3n) is 2.61. The lowest BCUT2D eigenvalue weighted by Crippen LogP contribution is -2.17. The minimum atomic E-state index is -4.70. The highest BCUT2D eigenvalue weighted by Crippen LogP contribution is 2.25. The van der Waals surface area contributed by atoms with Crippen LogP contribution in [0.4, 0.5) is 18.3 Å². The second kappa shape index (κ2) is 7.42. The summed E-state index contributed by atoms with van der Waals surface area (Å²) in [5.41, 5.74) is 0.804. The second-order valence-corrected chi connectivity index (χ2v) is 5.60. The van der Waals surface area contributed by atoms with E-state index in [1.165, 1.54) is 30.6 Å². The molecule has 124 valence electrons. The monoisotopic (exact) mass is 346 g/mol. The van der Waals surface area contributed by atoms with Crippen molar-refractivity contribution >= 4 is 22.4 Å². The van der Waals surface area contributed by atoms with Crippen LogP contribution in [-0.2, 0) is 16.0 Å². The van der Waals surface area contributed by atoms with E-state index in [2.05, 4.69) is 15.0 Å². The molecule has 0 bridgehead atoms.